The first kappa shape index (κ1) is 14.6. The lowest BCUT2D eigenvalue weighted by Gasteiger charge is -2.47. The normalized spacial score (nSPS) is 26.6. The Morgan fingerprint density at radius 1 is 1.22 bits per heavy atom. The number of rotatable bonds is 5. The molecule has 0 aromatic carbocycles. The summed E-state index contributed by atoms with van der Waals surface area (Å²) in [6.07, 6.45) is 2.51. The van der Waals surface area contributed by atoms with Crippen LogP contribution in [0, 0.1) is 0 Å². The monoisotopic (exact) mass is 319 g/mol. The van der Waals surface area contributed by atoms with Crippen molar-refractivity contribution in [2.24, 2.45) is 0 Å². The van der Waals surface area contributed by atoms with E-state index in [1.807, 2.05) is 0 Å². The maximum absolute atomic E-state index is 10.6. The van der Waals surface area contributed by atoms with Crippen LogP contribution in [0.2, 0.25) is 0 Å². The van der Waals surface area contributed by atoms with Gasteiger partial charge in [-0.25, -0.2) is 0 Å². The number of morpholine rings is 2. The third-order valence-corrected chi connectivity index (χ3v) is 4.62. The van der Waals surface area contributed by atoms with Gasteiger partial charge in [-0.2, -0.15) is 0 Å². The molecule has 4 aliphatic heterocycles. The molecule has 0 aliphatic carbocycles. The second kappa shape index (κ2) is 6.29. The van der Waals surface area contributed by atoms with E-state index >= 15 is 0 Å². The zero-order valence-electron chi connectivity index (χ0n) is 13.0. The highest BCUT2D eigenvalue weighted by Crippen LogP contribution is 2.32. The Bertz CT molecular complexity index is 562. The van der Waals surface area contributed by atoms with Gasteiger partial charge in [-0.1, -0.05) is 0 Å². The van der Waals surface area contributed by atoms with Crippen molar-refractivity contribution in [3.63, 3.8) is 0 Å². The van der Waals surface area contributed by atoms with E-state index in [1.54, 1.807) is 0 Å². The van der Waals surface area contributed by atoms with E-state index in [0.717, 1.165) is 49.8 Å². The number of fused-ring (bicyclic) bond motifs is 2. The molecular weight excluding hydrogens is 298 g/mol. The zero-order chi connectivity index (χ0) is 15.6. The Balaban J connectivity index is 1.59. The summed E-state index contributed by atoms with van der Waals surface area (Å²) < 4.78 is 11.1. The molecule has 5 rings (SSSR count). The predicted molar refractivity (Wildman–Crippen MR) is 83.5 cm³/mol. The van der Waals surface area contributed by atoms with Gasteiger partial charge in [0.15, 0.2) is 5.82 Å². The van der Waals surface area contributed by atoms with Crippen molar-refractivity contribution in [2.75, 3.05) is 49.2 Å². The number of hydrogen-bond donors (Lipinski definition) is 1. The Morgan fingerprint density at radius 2 is 1.96 bits per heavy atom. The first-order chi connectivity index (χ1) is 11.3. The van der Waals surface area contributed by atoms with Crippen LogP contribution < -0.4 is 15.1 Å². The van der Waals surface area contributed by atoms with Crippen LogP contribution in [-0.2, 0) is 20.8 Å². The lowest BCUT2D eigenvalue weighted by molar-refractivity contribution is -0.133. The fourth-order valence-corrected chi connectivity index (χ4v) is 3.44. The van der Waals surface area contributed by atoms with Crippen LogP contribution in [0.15, 0.2) is 6.07 Å². The molecule has 8 heteroatoms. The molecule has 0 saturated carbocycles. The summed E-state index contributed by atoms with van der Waals surface area (Å²) >= 11 is 0. The molecular formula is C15H21N5O3. The van der Waals surface area contributed by atoms with Crippen molar-refractivity contribution < 1.29 is 14.3 Å². The molecule has 2 atom stereocenters. The molecule has 5 heterocycles. The molecule has 23 heavy (non-hydrogen) atoms. The van der Waals surface area contributed by atoms with E-state index in [2.05, 4.69) is 31.4 Å². The molecule has 124 valence electrons. The summed E-state index contributed by atoms with van der Waals surface area (Å²) in [6.45, 7) is 5.21. The number of aromatic nitrogens is 2. The minimum Gasteiger partial charge on any atom is -0.378 e. The molecule has 1 aromatic heterocycles. The van der Waals surface area contributed by atoms with Crippen molar-refractivity contribution >= 4 is 17.9 Å². The summed E-state index contributed by atoms with van der Waals surface area (Å²) in [6, 6.07) is 2.09. The van der Waals surface area contributed by atoms with Crippen LogP contribution in [-0.4, -0.2) is 68.2 Å². The quantitative estimate of drug-likeness (QED) is 0.735. The molecule has 8 nitrogen and oxygen atoms in total. The first-order valence-corrected chi connectivity index (χ1v) is 8.10. The highest BCUT2D eigenvalue weighted by Gasteiger charge is 2.39. The van der Waals surface area contributed by atoms with Crippen LogP contribution in [0.3, 0.4) is 0 Å². The van der Waals surface area contributed by atoms with Crippen molar-refractivity contribution in [3.05, 3.63) is 11.8 Å². The minimum atomic E-state index is 0.332. The Hall–Kier alpha value is -1.93. The number of carbonyl (C=O) groups excluding carboxylic acids is 1. The van der Waals surface area contributed by atoms with E-state index in [4.69, 9.17) is 9.47 Å². The number of piperidine rings is 1. The van der Waals surface area contributed by atoms with Gasteiger partial charge >= 0.3 is 0 Å². The van der Waals surface area contributed by atoms with Crippen molar-refractivity contribution in [1.29, 1.82) is 0 Å². The van der Waals surface area contributed by atoms with E-state index in [9.17, 15) is 4.79 Å². The van der Waals surface area contributed by atoms with Gasteiger partial charge < -0.3 is 24.6 Å². The summed E-state index contributed by atoms with van der Waals surface area (Å²) in [4.78, 5) is 15.1. The highest BCUT2D eigenvalue weighted by atomic mass is 16.5. The number of carbonyl (C=O) groups is 1. The molecule has 0 radical (unpaired) electrons. The highest BCUT2D eigenvalue weighted by molar-refractivity contribution is 5.59. The van der Waals surface area contributed by atoms with Crippen molar-refractivity contribution in [1.82, 2.24) is 15.5 Å². The van der Waals surface area contributed by atoms with Gasteiger partial charge in [0, 0.05) is 38.7 Å². The van der Waals surface area contributed by atoms with Gasteiger partial charge in [0.1, 0.15) is 5.69 Å². The van der Waals surface area contributed by atoms with E-state index in [0.29, 0.717) is 38.4 Å². The lowest BCUT2D eigenvalue weighted by Crippen LogP contribution is -2.57. The summed E-state index contributed by atoms with van der Waals surface area (Å²) in [7, 11) is 0. The van der Waals surface area contributed by atoms with E-state index < -0.39 is 0 Å². The fourth-order valence-electron chi connectivity index (χ4n) is 3.44. The SMILES string of the molecule is O=CNCc1nnc(N2CC3CC(C2)O3)cc1N1CCOCC1. The predicted octanol–water partition coefficient (Wildman–Crippen LogP) is -0.463. The molecule has 1 aromatic rings. The van der Waals surface area contributed by atoms with Gasteiger partial charge in [0.2, 0.25) is 6.41 Å². The third kappa shape index (κ3) is 2.96. The average molecular weight is 319 g/mol. The van der Waals surface area contributed by atoms with Gasteiger partial charge in [-0.05, 0) is 0 Å². The lowest BCUT2D eigenvalue weighted by atomic mass is 9.99. The number of nitrogens with one attached hydrogen (secondary N) is 1. The van der Waals surface area contributed by atoms with E-state index in [1.165, 1.54) is 0 Å². The number of amides is 1. The Kier molecular flexibility index (Phi) is 4.00. The first-order valence-electron chi connectivity index (χ1n) is 8.10. The third-order valence-electron chi connectivity index (χ3n) is 4.62. The van der Waals surface area contributed by atoms with Crippen LogP contribution in [0.4, 0.5) is 11.5 Å². The second-order valence-corrected chi connectivity index (χ2v) is 6.15. The van der Waals surface area contributed by atoms with Gasteiger partial charge in [0.25, 0.3) is 0 Å². The molecule has 2 unspecified atom stereocenters. The van der Waals surface area contributed by atoms with Gasteiger partial charge in [-0.3, -0.25) is 4.79 Å². The molecule has 1 N–H and O–H groups in total. The van der Waals surface area contributed by atoms with Crippen molar-refractivity contribution in [3.8, 4) is 0 Å². The average Bonchev–Trinajstić information content (AvgIpc) is 2.60. The van der Waals surface area contributed by atoms with E-state index in [-0.39, 0.29) is 0 Å². The van der Waals surface area contributed by atoms with Crippen LogP contribution in [0.25, 0.3) is 0 Å². The zero-order valence-corrected chi connectivity index (χ0v) is 13.0. The van der Waals surface area contributed by atoms with Crippen LogP contribution in [0.1, 0.15) is 12.1 Å². The second-order valence-electron chi connectivity index (χ2n) is 6.15. The molecule has 4 aliphatic rings. The molecule has 0 spiro atoms. The topological polar surface area (TPSA) is 79.8 Å². The molecule has 4 fully saturated rings. The summed E-state index contributed by atoms with van der Waals surface area (Å²) in [5.41, 5.74) is 1.83. The standard InChI is InChI=1S/C15H21N5O3/c21-10-16-7-13-14(19-1-3-22-4-2-19)6-15(18-17-13)20-8-11-5-12(9-20)23-11/h6,10-12H,1-5,7-9H2,(H,16,21). The molecule has 1 amide bonds. The summed E-state index contributed by atoms with van der Waals surface area (Å²) in [5.74, 6) is 0.888. The number of nitrogens with zero attached hydrogens (tertiary/aromatic N) is 4. The molecule has 4 saturated heterocycles. The summed E-state index contributed by atoms with van der Waals surface area (Å²) in [5, 5.41) is 11.4. The van der Waals surface area contributed by atoms with Gasteiger partial charge in [0.05, 0.1) is 37.7 Å². The van der Waals surface area contributed by atoms with Crippen molar-refractivity contribution in [2.45, 2.75) is 25.2 Å². The smallest absolute Gasteiger partial charge is 0.207 e. The maximum atomic E-state index is 10.6. The van der Waals surface area contributed by atoms with Crippen LogP contribution in [0.5, 0.6) is 0 Å². The number of ether oxygens (including phenoxy) is 2. The maximum Gasteiger partial charge on any atom is 0.207 e. The largest absolute Gasteiger partial charge is 0.378 e. The minimum absolute atomic E-state index is 0.332. The van der Waals surface area contributed by atoms with Gasteiger partial charge in [-0.15, -0.1) is 10.2 Å². The van der Waals surface area contributed by atoms with Crippen LogP contribution >= 0.6 is 0 Å². The fraction of sp³-hybridized carbons (Fsp3) is 0.667. The number of hydrogen-bond acceptors (Lipinski definition) is 7. The Morgan fingerprint density at radius 3 is 2.65 bits per heavy atom. The molecule has 2 bridgehead atoms. The number of anilines is 2. The Labute approximate surface area is 134 Å².